The molecule has 0 bridgehead atoms. The average Bonchev–Trinajstić information content (AvgIpc) is 2.08. The lowest BCUT2D eigenvalue weighted by molar-refractivity contribution is -0.588. The summed E-state index contributed by atoms with van der Waals surface area (Å²) in [6.45, 7) is -0.992. The van der Waals surface area contributed by atoms with Crippen LogP contribution in [-0.4, -0.2) is 33.9 Å². The second-order valence-electron chi connectivity index (χ2n) is 3.01. The first-order valence-electron chi connectivity index (χ1n) is 4.30. The minimum Gasteiger partial charge on any atom is -0.265 e. The molecule has 0 N–H and O–H groups in total. The molecule has 0 aliphatic carbocycles. The maximum Gasteiger partial charge on any atom is 0.276 e. The lowest BCUT2D eigenvalue weighted by atomic mass is 10.1. The minimum atomic E-state index is -1.24. The third-order valence-corrected chi connectivity index (χ3v) is 1.79. The number of hydrogen-bond donors (Lipinski definition) is 0. The van der Waals surface area contributed by atoms with Gasteiger partial charge in [-0.2, -0.15) is 0 Å². The first-order chi connectivity index (χ1) is 6.93. The van der Waals surface area contributed by atoms with Crippen LogP contribution in [0.15, 0.2) is 0 Å². The second-order valence-corrected chi connectivity index (χ2v) is 3.01. The number of unbranched alkanes of at least 4 members (excludes halogenated alkanes) is 1. The molecule has 0 aromatic heterocycles. The normalized spacial score (nSPS) is 12.0. The van der Waals surface area contributed by atoms with Crippen molar-refractivity contribution < 1.29 is 14.8 Å². The quantitative estimate of drug-likeness (QED) is 0.330. The molecule has 9 nitrogen and oxygen atoms in total. The lowest BCUT2D eigenvalue weighted by Gasteiger charge is -2.03. The topological polar surface area (TPSA) is 129 Å². The molecule has 86 valence electrons. The SMILES string of the molecule is O=[N+]([O-])CCCCC(C[N+](=O)[O-])[N+](=O)[O-]. The van der Waals surface area contributed by atoms with Crippen LogP contribution in [0, 0.1) is 30.3 Å². The van der Waals surface area contributed by atoms with E-state index >= 15 is 0 Å². The van der Waals surface area contributed by atoms with Crippen molar-refractivity contribution in [2.24, 2.45) is 0 Å². The van der Waals surface area contributed by atoms with Gasteiger partial charge >= 0.3 is 0 Å². The molecule has 0 radical (unpaired) electrons. The largest absolute Gasteiger partial charge is 0.276 e. The molecule has 15 heavy (non-hydrogen) atoms. The van der Waals surface area contributed by atoms with E-state index < -0.39 is 27.4 Å². The summed E-state index contributed by atoms with van der Waals surface area (Å²) >= 11 is 0. The molecule has 1 atom stereocenters. The van der Waals surface area contributed by atoms with Gasteiger partial charge in [-0.25, -0.2) is 0 Å². The van der Waals surface area contributed by atoms with Gasteiger partial charge in [0, 0.05) is 27.6 Å². The minimum absolute atomic E-state index is 0.00181. The van der Waals surface area contributed by atoms with E-state index in [1.165, 1.54) is 0 Å². The Kier molecular flexibility index (Phi) is 5.83. The molecule has 0 aliphatic rings. The first kappa shape index (κ1) is 13.2. The van der Waals surface area contributed by atoms with E-state index in [1.807, 2.05) is 0 Å². The third kappa shape index (κ3) is 7.28. The molecule has 0 spiro atoms. The number of rotatable bonds is 8. The van der Waals surface area contributed by atoms with Gasteiger partial charge in [-0.15, -0.1) is 0 Å². The number of nitrogens with zero attached hydrogens (tertiary/aromatic N) is 3. The van der Waals surface area contributed by atoms with Crippen molar-refractivity contribution in [2.75, 3.05) is 13.1 Å². The predicted octanol–water partition coefficient (Wildman–Crippen LogP) is 0.355. The fourth-order valence-electron chi connectivity index (χ4n) is 1.06. The summed E-state index contributed by atoms with van der Waals surface area (Å²) in [5, 5.41) is 30.3. The van der Waals surface area contributed by atoms with E-state index in [1.54, 1.807) is 0 Å². The summed E-state index contributed by atoms with van der Waals surface area (Å²) in [6, 6.07) is -1.24. The van der Waals surface area contributed by atoms with E-state index in [4.69, 9.17) is 0 Å². The highest BCUT2D eigenvalue weighted by Crippen LogP contribution is 2.04. The highest BCUT2D eigenvalue weighted by atomic mass is 16.6. The molecular formula is C6H11N3O6. The van der Waals surface area contributed by atoms with Crippen LogP contribution in [0.5, 0.6) is 0 Å². The van der Waals surface area contributed by atoms with Crippen LogP contribution in [0.2, 0.25) is 0 Å². The van der Waals surface area contributed by atoms with E-state index in [0.29, 0.717) is 0 Å². The molecule has 0 aromatic rings. The first-order valence-corrected chi connectivity index (χ1v) is 4.30. The van der Waals surface area contributed by atoms with Crippen LogP contribution >= 0.6 is 0 Å². The van der Waals surface area contributed by atoms with Gasteiger partial charge in [0.15, 0.2) is 0 Å². The molecule has 0 rings (SSSR count). The smallest absolute Gasteiger partial charge is 0.265 e. The molecule has 0 amide bonds. The van der Waals surface area contributed by atoms with Crippen LogP contribution in [-0.2, 0) is 0 Å². The molecule has 0 saturated carbocycles. The van der Waals surface area contributed by atoms with E-state index in [-0.39, 0.29) is 25.8 Å². The zero-order chi connectivity index (χ0) is 11.8. The van der Waals surface area contributed by atoms with Gasteiger partial charge in [0.25, 0.3) is 12.6 Å². The van der Waals surface area contributed by atoms with E-state index in [0.717, 1.165) is 0 Å². The van der Waals surface area contributed by atoms with Gasteiger partial charge < -0.3 is 0 Å². The Morgan fingerprint density at radius 3 is 1.93 bits per heavy atom. The molecule has 0 heterocycles. The van der Waals surface area contributed by atoms with Crippen LogP contribution in [0.1, 0.15) is 19.3 Å². The molecular weight excluding hydrogens is 210 g/mol. The molecule has 0 aliphatic heterocycles. The van der Waals surface area contributed by atoms with Gasteiger partial charge in [-0.1, -0.05) is 0 Å². The zero-order valence-corrected chi connectivity index (χ0v) is 7.90. The fourth-order valence-corrected chi connectivity index (χ4v) is 1.06. The summed E-state index contributed by atoms with van der Waals surface area (Å²) < 4.78 is 0. The van der Waals surface area contributed by atoms with Crippen molar-refractivity contribution in [1.29, 1.82) is 0 Å². The van der Waals surface area contributed by atoms with Gasteiger partial charge in [-0.3, -0.25) is 30.3 Å². The standard InChI is InChI=1S/C6H11N3O6/c10-7(11)4-2-1-3-6(9(14)15)5-8(12)13/h6H,1-5H2. The van der Waals surface area contributed by atoms with Crippen molar-refractivity contribution in [3.8, 4) is 0 Å². The molecule has 0 aromatic carbocycles. The monoisotopic (exact) mass is 221 g/mol. The van der Waals surface area contributed by atoms with Crippen LogP contribution in [0.25, 0.3) is 0 Å². The van der Waals surface area contributed by atoms with Crippen molar-refractivity contribution in [3.63, 3.8) is 0 Å². The van der Waals surface area contributed by atoms with E-state index in [2.05, 4.69) is 0 Å². The summed E-state index contributed by atoms with van der Waals surface area (Å²) in [6.07, 6.45) is 0.456. The van der Waals surface area contributed by atoms with Crippen LogP contribution in [0.4, 0.5) is 0 Å². The maximum atomic E-state index is 10.3. The number of hydrogen-bond acceptors (Lipinski definition) is 6. The molecule has 0 fully saturated rings. The molecule has 9 heteroatoms. The van der Waals surface area contributed by atoms with Crippen molar-refractivity contribution in [1.82, 2.24) is 0 Å². The molecule has 0 saturated heterocycles. The molecule has 1 unspecified atom stereocenters. The summed E-state index contributed by atoms with van der Waals surface area (Å²) in [4.78, 5) is 28.3. The van der Waals surface area contributed by atoms with Crippen molar-refractivity contribution in [3.05, 3.63) is 30.3 Å². The Labute approximate surface area is 84.5 Å². The second kappa shape index (κ2) is 6.62. The van der Waals surface area contributed by atoms with Crippen LogP contribution in [0.3, 0.4) is 0 Å². The predicted molar refractivity (Wildman–Crippen MR) is 48.4 cm³/mol. The summed E-state index contributed by atoms with van der Waals surface area (Å²) in [5.74, 6) is 0. The highest BCUT2D eigenvalue weighted by Gasteiger charge is 2.25. The van der Waals surface area contributed by atoms with Crippen molar-refractivity contribution >= 4 is 0 Å². The van der Waals surface area contributed by atoms with Crippen LogP contribution < -0.4 is 0 Å². The van der Waals surface area contributed by atoms with Gasteiger partial charge in [0.2, 0.25) is 6.54 Å². The average molecular weight is 221 g/mol. The Morgan fingerprint density at radius 1 is 0.933 bits per heavy atom. The zero-order valence-electron chi connectivity index (χ0n) is 7.90. The van der Waals surface area contributed by atoms with Gasteiger partial charge in [0.05, 0.1) is 0 Å². The Morgan fingerprint density at radius 2 is 1.53 bits per heavy atom. The number of nitro groups is 3. The van der Waals surface area contributed by atoms with Gasteiger partial charge in [0.1, 0.15) is 0 Å². The Hall–Kier alpha value is -1.80. The maximum absolute atomic E-state index is 10.3. The summed E-state index contributed by atoms with van der Waals surface area (Å²) in [7, 11) is 0. The Bertz CT molecular complexity index is 255. The lowest BCUT2D eigenvalue weighted by Crippen LogP contribution is -2.28. The fraction of sp³-hybridized carbons (Fsp3) is 1.00. The van der Waals surface area contributed by atoms with Gasteiger partial charge in [-0.05, 0) is 6.42 Å². The third-order valence-electron chi connectivity index (χ3n) is 1.79. The van der Waals surface area contributed by atoms with Crippen molar-refractivity contribution in [2.45, 2.75) is 25.3 Å². The van der Waals surface area contributed by atoms with E-state index in [9.17, 15) is 30.3 Å². The highest BCUT2D eigenvalue weighted by molar-refractivity contribution is 4.55. The Balaban J connectivity index is 3.81. The summed E-state index contributed by atoms with van der Waals surface area (Å²) in [5.41, 5.74) is 0.